The minimum Gasteiger partial charge on any atom is -0.353 e. The maximum absolute atomic E-state index is 13.5. The van der Waals surface area contributed by atoms with Crippen LogP contribution in [0, 0.1) is 23.2 Å². The van der Waals surface area contributed by atoms with Crippen LogP contribution in [0.3, 0.4) is 0 Å². The molecule has 3 amide bonds. The van der Waals surface area contributed by atoms with Crippen LogP contribution in [0.15, 0.2) is 18.2 Å². The van der Waals surface area contributed by atoms with E-state index in [0.717, 1.165) is 47.3 Å². The fourth-order valence-corrected chi connectivity index (χ4v) is 5.66. The molecule has 194 valence electrons. The number of nitrogens with zero attached hydrogens (tertiary/aromatic N) is 2. The van der Waals surface area contributed by atoms with Crippen molar-refractivity contribution in [3.05, 3.63) is 28.8 Å². The number of benzene rings is 1. The minimum absolute atomic E-state index is 0.199. The molecule has 0 radical (unpaired) electrons. The topological polar surface area (TPSA) is 124 Å². The van der Waals surface area contributed by atoms with Crippen LogP contribution in [0.1, 0.15) is 69.9 Å². The van der Waals surface area contributed by atoms with E-state index >= 15 is 0 Å². The largest absolute Gasteiger partial charge is 0.353 e. The molecule has 0 bridgehead atoms. The number of aryl methyl sites for hydroxylation is 1. The zero-order valence-electron chi connectivity index (χ0n) is 21.4. The van der Waals surface area contributed by atoms with E-state index in [4.69, 9.17) is 10.2 Å². The van der Waals surface area contributed by atoms with E-state index in [2.05, 4.69) is 35.0 Å². The third kappa shape index (κ3) is 7.50. The van der Waals surface area contributed by atoms with E-state index < -0.39 is 12.0 Å². The van der Waals surface area contributed by atoms with Gasteiger partial charge in [-0.15, -0.1) is 11.3 Å². The number of amides is 3. The maximum atomic E-state index is 13.5. The minimum atomic E-state index is -0.761. The van der Waals surface area contributed by atoms with Crippen molar-refractivity contribution in [2.75, 3.05) is 6.54 Å². The number of fused-ring (bicyclic) bond motifs is 1. The second kappa shape index (κ2) is 13.4. The molecule has 8 nitrogen and oxygen atoms in total. The van der Waals surface area contributed by atoms with Gasteiger partial charge in [0.25, 0.3) is 0 Å². The summed E-state index contributed by atoms with van der Waals surface area (Å²) in [6, 6.07) is 7.10. The number of hydrogen-bond acceptors (Lipinski definition) is 6. The monoisotopic (exact) mass is 511 g/mol. The fraction of sp³-hybridized carbons (Fsp3) is 0.593. The van der Waals surface area contributed by atoms with Crippen molar-refractivity contribution in [2.24, 2.45) is 11.8 Å². The Morgan fingerprint density at radius 3 is 2.56 bits per heavy atom. The van der Waals surface area contributed by atoms with Crippen molar-refractivity contribution >= 4 is 39.3 Å². The van der Waals surface area contributed by atoms with Crippen LogP contribution in [0.2, 0.25) is 0 Å². The lowest BCUT2D eigenvalue weighted by atomic mass is 9.83. The lowest BCUT2D eigenvalue weighted by molar-refractivity contribution is -0.129. The molecule has 1 unspecified atom stereocenters. The zero-order valence-corrected chi connectivity index (χ0v) is 22.2. The lowest BCUT2D eigenvalue weighted by Crippen LogP contribution is -2.55. The summed E-state index contributed by atoms with van der Waals surface area (Å²) in [5, 5.41) is 18.7. The Hall–Kier alpha value is -2.99. The van der Waals surface area contributed by atoms with Gasteiger partial charge in [-0.1, -0.05) is 39.2 Å². The predicted molar refractivity (Wildman–Crippen MR) is 141 cm³/mol. The number of carbonyl (C=O) groups excluding carboxylic acids is 3. The molecule has 0 aliphatic heterocycles. The SMILES string of the molecule is CCC(=O)N[C@@H](Cc1nc2ccc(CC)cc2s1)C(=O)N[C@H](CNC(=O)C(C)C#N)C1CCCCC1. The Kier molecular flexibility index (Phi) is 10.2. The maximum Gasteiger partial charge on any atom is 0.243 e. The molecule has 9 heteroatoms. The van der Waals surface area contributed by atoms with Crippen LogP contribution in [-0.4, -0.2) is 41.3 Å². The zero-order chi connectivity index (χ0) is 26.1. The van der Waals surface area contributed by atoms with Crippen molar-refractivity contribution in [3.63, 3.8) is 0 Å². The number of carbonyl (C=O) groups is 3. The van der Waals surface area contributed by atoms with Gasteiger partial charge in [-0.2, -0.15) is 5.26 Å². The van der Waals surface area contributed by atoms with Crippen LogP contribution >= 0.6 is 11.3 Å². The van der Waals surface area contributed by atoms with Crippen LogP contribution in [-0.2, 0) is 27.2 Å². The molecular formula is C27H37N5O3S. The number of thiazole rings is 1. The molecule has 1 fully saturated rings. The lowest BCUT2D eigenvalue weighted by Gasteiger charge is -2.32. The van der Waals surface area contributed by atoms with Gasteiger partial charge in [-0.05, 0) is 49.8 Å². The first-order valence-corrected chi connectivity index (χ1v) is 13.8. The molecule has 1 aliphatic rings. The number of hydrogen-bond donors (Lipinski definition) is 3. The first kappa shape index (κ1) is 27.6. The van der Waals surface area contributed by atoms with Gasteiger partial charge in [0.2, 0.25) is 17.7 Å². The Labute approximate surface area is 217 Å². The molecule has 0 spiro atoms. The molecule has 1 saturated carbocycles. The van der Waals surface area contributed by atoms with Crippen molar-refractivity contribution < 1.29 is 14.4 Å². The van der Waals surface area contributed by atoms with E-state index in [9.17, 15) is 14.4 Å². The third-order valence-electron chi connectivity index (χ3n) is 6.89. The molecular weight excluding hydrogens is 474 g/mol. The standard InChI is InChI=1S/C27H37N5O3S/c1-4-18-11-12-20-23(13-18)36-25(31-20)14-21(30-24(33)5-2)27(35)32-22(19-9-7-6-8-10-19)16-29-26(34)17(3)15-28/h11-13,17,19,21-22H,4-10,14,16H2,1-3H3,(H,29,34)(H,30,33)(H,32,35)/t17?,21-,22+/m0/s1. The Morgan fingerprint density at radius 2 is 1.89 bits per heavy atom. The van der Waals surface area contributed by atoms with Gasteiger partial charge in [-0.25, -0.2) is 4.98 Å². The van der Waals surface area contributed by atoms with Gasteiger partial charge in [0.05, 0.1) is 21.3 Å². The van der Waals surface area contributed by atoms with E-state index in [1.807, 2.05) is 12.1 Å². The van der Waals surface area contributed by atoms with Crippen molar-refractivity contribution in [1.29, 1.82) is 5.26 Å². The number of nitriles is 1. The number of nitrogens with one attached hydrogen (secondary N) is 3. The number of rotatable bonds is 11. The van der Waals surface area contributed by atoms with Crippen molar-refractivity contribution in [2.45, 2.75) is 84.2 Å². The van der Waals surface area contributed by atoms with E-state index in [0.29, 0.717) is 6.42 Å². The Morgan fingerprint density at radius 1 is 1.14 bits per heavy atom. The first-order chi connectivity index (χ1) is 17.3. The molecule has 3 rings (SSSR count). The first-order valence-electron chi connectivity index (χ1n) is 13.0. The summed E-state index contributed by atoms with van der Waals surface area (Å²) in [5.74, 6) is -1.34. The number of aromatic nitrogens is 1. The van der Waals surface area contributed by atoms with Gasteiger partial charge < -0.3 is 16.0 Å². The predicted octanol–water partition coefficient (Wildman–Crippen LogP) is 3.64. The molecule has 0 saturated heterocycles. The summed E-state index contributed by atoms with van der Waals surface area (Å²) >= 11 is 1.54. The molecule has 1 aliphatic carbocycles. The van der Waals surface area contributed by atoms with Crippen LogP contribution in [0.4, 0.5) is 0 Å². The van der Waals surface area contributed by atoms with Crippen LogP contribution in [0.5, 0.6) is 0 Å². The molecule has 1 aromatic carbocycles. The summed E-state index contributed by atoms with van der Waals surface area (Å²) in [4.78, 5) is 42.7. The molecule has 2 aromatic rings. The van der Waals surface area contributed by atoms with Crippen molar-refractivity contribution in [1.82, 2.24) is 20.9 Å². The summed E-state index contributed by atoms with van der Waals surface area (Å²) in [7, 11) is 0. The molecule has 3 N–H and O–H groups in total. The van der Waals surface area contributed by atoms with Gasteiger partial charge in [0.1, 0.15) is 12.0 Å². The van der Waals surface area contributed by atoms with Crippen LogP contribution < -0.4 is 16.0 Å². The highest BCUT2D eigenvalue weighted by Gasteiger charge is 2.30. The van der Waals surface area contributed by atoms with E-state index in [1.165, 1.54) is 12.0 Å². The summed E-state index contributed by atoms with van der Waals surface area (Å²) < 4.78 is 1.07. The third-order valence-corrected chi connectivity index (χ3v) is 7.93. The highest BCUT2D eigenvalue weighted by Crippen LogP contribution is 2.27. The highest BCUT2D eigenvalue weighted by molar-refractivity contribution is 7.18. The average Bonchev–Trinajstić information content (AvgIpc) is 3.31. The van der Waals surface area contributed by atoms with Gasteiger partial charge in [0.15, 0.2) is 0 Å². The smallest absolute Gasteiger partial charge is 0.243 e. The van der Waals surface area contributed by atoms with Gasteiger partial charge in [-0.3, -0.25) is 14.4 Å². The molecule has 36 heavy (non-hydrogen) atoms. The Bertz CT molecular complexity index is 1100. The second-order valence-corrected chi connectivity index (χ2v) is 10.7. The highest BCUT2D eigenvalue weighted by atomic mass is 32.1. The summed E-state index contributed by atoms with van der Waals surface area (Å²) in [5.41, 5.74) is 2.12. The average molecular weight is 512 g/mol. The second-order valence-electron chi connectivity index (χ2n) is 9.55. The normalized spacial score (nSPS) is 16.5. The fourth-order valence-electron chi connectivity index (χ4n) is 4.58. The van der Waals surface area contributed by atoms with E-state index in [1.54, 1.807) is 25.2 Å². The molecule has 3 atom stereocenters. The molecule has 1 aromatic heterocycles. The van der Waals surface area contributed by atoms with Gasteiger partial charge in [0, 0.05) is 25.4 Å². The van der Waals surface area contributed by atoms with E-state index in [-0.39, 0.29) is 42.6 Å². The quantitative estimate of drug-likeness (QED) is 0.425. The Balaban J connectivity index is 1.76. The summed E-state index contributed by atoms with van der Waals surface area (Å²) in [6.07, 6.45) is 6.79. The van der Waals surface area contributed by atoms with Crippen molar-refractivity contribution in [3.8, 4) is 6.07 Å². The summed E-state index contributed by atoms with van der Waals surface area (Å²) in [6.45, 7) is 5.68. The van der Waals surface area contributed by atoms with Crippen LogP contribution in [0.25, 0.3) is 10.2 Å². The molecule has 1 heterocycles. The van der Waals surface area contributed by atoms with Gasteiger partial charge >= 0.3 is 0 Å².